The second-order valence-electron chi connectivity index (χ2n) is 6.18. The van der Waals surface area contributed by atoms with E-state index in [1.165, 1.54) is 11.8 Å². The van der Waals surface area contributed by atoms with Gasteiger partial charge in [-0.25, -0.2) is 5.90 Å². The Morgan fingerprint density at radius 1 is 1.13 bits per heavy atom. The van der Waals surface area contributed by atoms with Crippen LogP contribution in [0.15, 0.2) is 58.3 Å². The number of nitrogens with two attached hydrogens (primary N) is 1. The number of carbonyl (C=O) groups excluding carboxylic acids is 1. The minimum Gasteiger partial charge on any atom is -0.494 e. The van der Waals surface area contributed by atoms with Gasteiger partial charge in [-0.05, 0) is 42.8 Å². The summed E-state index contributed by atoms with van der Waals surface area (Å²) in [5, 5.41) is 11.4. The molecule has 1 aromatic carbocycles. The Labute approximate surface area is 178 Å². The van der Waals surface area contributed by atoms with Gasteiger partial charge in [-0.15, -0.1) is 10.2 Å². The Bertz CT molecular complexity index is 905. The molecule has 2 aromatic heterocycles. The van der Waals surface area contributed by atoms with Crippen LogP contribution in [0.3, 0.4) is 0 Å². The Balaban J connectivity index is 1.41. The van der Waals surface area contributed by atoms with Crippen LogP contribution in [-0.4, -0.2) is 40.8 Å². The van der Waals surface area contributed by atoms with Gasteiger partial charge in [-0.1, -0.05) is 17.8 Å². The number of thioether (sulfide) groups is 1. The Morgan fingerprint density at radius 3 is 2.77 bits per heavy atom. The van der Waals surface area contributed by atoms with Gasteiger partial charge in [0, 0.05) is 30.5 Å². The quantitative estimate of drug-likeness (QED) is 0.254. The third kappa shape index (κ3) is 7.14. The number of ether oxygens (including phenoxy) is 1. The van der Waals surface area contributed by atoms with E-state index < -0.39 is 0 Å². The van der Waals surface area contributed by atoms with E-state index in [-0.39, 0.29) is 5.91 Å². The van der Waals surface area contributed by atoms with Crippen molar-refractivity contribution in [3.05, 3.63) is 54.4 Å². The predicted molar refractivity (Wildman–Crippen MR) is 111 cm³/mol. The first-order chi connectivity index (χ1) is 14.7. The molecule has 0 aliphatic rings. The Morgan fingerprint density at radius 2 is 2.00 bits per heavy atom. The van der Waals surface area contributed by atoms with E-state index in [0.717, 1.165) is 11.3 Å². The van der Waals surface area contributed by atoms with Gasteiger partial charge in [0.1, 0.15) is 5.75 Å². The minimum atomic E-state index is -0.0564. The fourth-order valence-corrected chi connectivity index (χ4v) is 3.14. The summed E-state index contributed by atoms with van der Waals surface area (Å²) < 4.78 is 11.4. The number of rotatable bonds is 12. The van der Waals surface area contributed by atoms with E-state index in [0.29, 0.717) is 55.2 Å². The van der Waals surface area contributed by atoms with Gasteiger partial charge in [0.2, 0.25) is 11.8 Å². The van der Waals surface area contributed by atoms with Crippen LogP contribution in [0.1, 0.15) is 18.5 Å². The maximum Gasteiger partial charge on any atom is 0.277 e. The molecule has 9 nitrogen and oxygen atoms in total. The smallest absolute Gasteiger partial charge is 0.277 e. The van der Waals surface area contributed by atoms with Crippen molar-refractivity contribution >= 4 is 17.7 Å². The highest BCUT2D eigenvalue weighted by Gasteiger charge is 2.10. The zero-order valence-corrected chi connectivity index (χ0v) is 17.1. The summed E-state index contributed by atoms with van der Waals surface area (Å²) >= 11 is 1.44. The molecule has 30 heavy (non-hydrogen) atoms. The molecule has 2 heterocycles. The largest absolute Gasteiger partial charge is 0.494 e. The average molecular weight is 430 g/mol. The Kier molecular flexibility index (Phi) is 8.63. The molecule has 10 heteroatoms. The molecule has 1 amide bonds. The fourth-order valence-electron chi connectivity index (χ4n) is 2.46. The molecule has 0 bridgehead atoms. The van der Waals surface area contributed by atoms with Gasteiger partial charge < -0.3 is 19.3 Å². The monoisotopic (exact) mass is 429 g/mol. The highest BCUT2D eigenvalue weighted by atomic mass is 32.2. The number of amides is 1. The van der Waals surface area contributed by atoms with Crippen molar-refractivity contribution < 1.29 is 18.8 Å². The van der Waals surface area contributed by atoms with Crippen molar-refractivity contribution in [3.8, 4) is 17.2 Å². The topological polar surface area (TPSA) is 125 Å². The second kappa shape index (κ2) is 11.9. The van der Waals surface area contributed by atoms with Crippen LogP contribution in [0.4, 0.5) is 0 Å². The molecule has 0 aliphatic heterocycles. The van der Waals surface area contributed by atoms with Crippen molar-refractivity contribution in [2.45, 2.75) is 23.8 Å². The number of carbonyl (C=O) groups is 1. The van der Waals surface area contributed by atoms with E-state index in [4.69, 9.17) is 15.1 Å². The maximum absolute atomic E-state index is 11.6. The number of hydrogen-bond acceptors (Lipinski definition) is 9. The first kappa shape index (κ1) is 21.8. The lowest BCUT2D eigenvalue weighted by Gasteiger charge is -2.07. The molecule has 0 fully saturated rings. The lowest BCUT2D eigenvalue weighted by Crippen LogP contribution is -2.28. The molecule has 0 spiro atoms. The van der Waals surface area contributed by atoms with Gasteiger partial charge >= 0.3 is 0 Å². The van der Waals surface area contributed by atoms with Crippen LogP contribution < -0.4 is 16.0 Å². The number of aromatic nitrogens is 3. The summed E-state index contributed by atoms with van der Waals surface area (Å²) in [7, 11) is 0. The average Bonchev–Trinajstić information content (AvgIpc) is 3.26. The molecular weight excluding hydrogens is 406 g/mol. The molecular formula is C20H23N5O4S. The van der Waals surface area contributed by atoms with E-state index in [1.54, 1.807) is 6.20 Å². The van der Waals surface area contributed by atoms with Gasteiger partial charge in [0.25, 0.3) is 5.22 Å². The SMILES string of the molecule is NOCCNC(=O)CCCOc1ccc(-c2nnc(SCc3ccccn3)o2)cc1. The van der Waals surface area contributed by atoms with E-state index in [9.17, 15) is 4.79 Å². The number of pyridine rings is 1. The van der Waals surface area contributed by atoms with Crippen LogP contribution in [0.2, 0.25) is 0 Å². The standard InChI is InChI=1S/C20H23N5O4S/c21-28-13-11-23-18(26)5-3-12-27-17-8-6-15(7-9-17)19-24-25-20(29-19)30-14-16-4-1-2-10-22-16/h1-2,4,6-10H,3,5,11-14,21H2,(H,23,26). The summed E-state index contributed by atoms with van der Waals surface area (Å²) in [5.41, 5.74) is 1.76. The van der Waals surface area contributed by atoms with Crippen molar-refractivity contribution in [2.75, 3.05) is 19.8 Å². The van der Waals surface area contributed by atoms with E-state index >= 15 is 0 Å². The first-order valence-electron chi connectivity index (χ1n) is 9.42. The number of nitrogens with one attached hydrogen (secondary N) is 1. The molecule has 0 radical (unpaired) electrons. The highest BCUT2D eigenvalue weighted by Crippen LogP contribution is 2.26. The Hall–Kier alpha value is -2.95. The number of benzene rings is 1. The molecule has 0 unspecified atom stereocenters. The summed E-state index contributed by atoms with van der Waals surface area (Å²) in [4.78, 5) is 20.2. The zero-order chi connectivity index (χ0) is 21.0. The van der Waals surface area contributed by atoms with E-state index in [2.05, 4.69) is 25.3 Å². The van der Waals surface area contributed by atoms with Gasteiger partial charge in [-0.2, -0.15) is 0 Å². The van der Waals surface area contributed by atoms with Crippen molar-refractivity contribution in [1.82, 2.24) is 20.5 Å². The molecule has 0 saturated heterocycles. The molecule has 3 aromatic rings. The summed E-state index contributed by atoms with van der Waals surface area (Å²) in [6.45, 7) is 1.13. The molecule has 3 rings (SSSR count). The van der Waals surface area contributed by atoms with Crippen LogP contribution in [0, 0.1) is 0 Å². The highest BCUT2D eigenvalue weighted by molar-refractivity contribution is 7.98. The van der Waals surface area contributed by atoms with Crippen LogP contribution in [0.5, 0.6) is 5.75 Å². The summed E-state index contributed by atoms with van der Waals surface area (Å²) in [6, 6.07) is 13.2. The fraction of sp³-hybridized carbons (Fsp3) is 0.300. The third-order valence-electron chi connectivity index (χ3n) is 3.94. The molecule has 0 aliphatic carbocycles. The van der Waals surface area contributed by atoms with E-state index in [1.807, 2.05) is 42.5 Å². The van der Waals surface area contributed by atoms with Crippen LogP contribution >= 0.6 is 11.8 Å². The van der Waals surface area contributed by atoms with Gasteiger partial charge in [0.05, 0.1) is 18.9 Å². The first-order valence-corrected chi connectivity index (χ1v) is 10.4. The third-order valence-corrected chi connectivity index (χ3v) is 4.79. The summed E-state index contributed by atoms with van der Waals surface area (Å²) in [6.07, 6.45) is 2.74. The normalized spacial score (nSPS) is 10.7. The minimum absolute atomic E-state index is 0.0564. The molecule has 158 valence electrons. The molecule has 0 saturated carbocycles. The summed E-state index contributed by atoms with van der Waals surface area (Å²) in [5.74, 6) is 6.66. The van der Waals surface area contributed by atoms with Crippen molar-refractivity contribution in [3.63, 3.8) is 0 Å². The lowest BCUT2D eigenvalue weighted by molar-refractivity contribution is -0.121. The predicted octanol–water partition coefficient (Wildman–Crippen LogP) is 2.59. The van der Waals surface area contributed by atoms with Crippen LogP contribution in [-0.2, 0) is 15.4 Å². The lowest BCUT2D eigenvalue weighted by atomic mass is 10.2. The second-order valence-corrected chi connectivity index (χ2v) is 7.11. The van der Waals surface area contributed by atoms with Gasteiger partial charge in [-0.3, -0.25) is 9.78 Å². The molecule has 0 atom stereocenters. The van der Waals surface area contributed by atoms with Crippen LogP contribution in [0.25, 0.3) is 11.5 Å². The van der Waals surface area contributed by atoms with Gasteiger partial charge in [0.15, 0.2) is 0 Å². The van der Waals surface area contributed by atoms with Crippen molar-refractivity contribution in [2.24, 2.45) is 5.90 Å². The number of nitrogens with zero attached hydrogens (tertiary/aromatic N) is 3. The molecule has 3 N–H and O–H groups in total. The maximum atomic E-state index is 11.6. The number of hydrogen-bond donors (Lipinski definition) is 2. The zero-order valence-electron chi connectivity index (χ0n) is 16.3. The van der Waals surface area contributed by atoms with Crippen molar-refractivity contribution in [1.29, 1.82) is 0 Å².